The molecule has 1 heterocycles. The smallest absolute Gasteiger partial charge is 0.270 e. The number of carbonyl (C=O) groups excluding carboxylic acids is 1. The average molecular weight is 341 g/mol. The lowest BCUT2D eigenvalue weighted by atomic mass is 10.3. The van der Waals surface area contributed by atoms with E-state index < -0.39 is 0 Å². The van der Waals surface area contributed by atoms with Crippen LogP contribution in [0.4, 0.5) is 0 Å². The lowest BCUT2D eigenvalue weighted by Crippen LogP contribution is -2.20. The highest BCUT2D eigenvalue weighted by atomic mass is 127. The zero-order valence-corrected chi connectivity index (χ0v) is 10.0. The number of nitrogens with one attached hydrogen (secondary N) is 1. The Hall–Kier alpha value is -0.170. The van der Waals surface area contributed by atoms with Gasteiger partial charge in [0.05, 0.1) is 0 Å². The quantitative estimate of drug-likeness (QED) is 0.792. The van der Waals surface area contributed by atoms with E-state index in [0.29, 0.717) is 5.69 Å². The van der Waals surface area contributed by atoms with Gasteiger partial charge < -0.3 is 5.32 Å². The first kappa shape index (κ1) is 9.91. The monoisotopic (exact) mass is 340 g/mol. The van der Waals surface area contributed by atoms with Crippen molar-refractivity contribution in [2.45, 2.75) is 0 Å². The Balaban J connectivity index is 3.09. The van der Waals surface area contributed by atoms with Crippen molar-refractivity contribution in [1.82, 2.24) is 10.3 Å². The molecule has 0 aliphatic rings. The van der Waals surface area contributed by atoms with Crippen LogP contribution in [0.15, 0.2) is 16.7 Å². The van der Waals surface area contributed by atoms with E-state index in [1.54, 1.807) is 13.2 Å². The number of pyridine rings is 1. The van der Waals surface area contributed by atoms with Crippen LogP contribution in [0.3, 0.4) is 0 Å². The number of hydrogen-bond donors (Lipinski definition) is 1. The summed E-state index contributed by atoms with van der Waals surface area (Å²) in [5.41, 5.74) is 0.460. The minimum Gasteiger partial charge on any atom is -0.354 e. The van der Waals surface area contributed by atoms with E-state index in [-0.39, 0.29) is 5.91 Å². The maximum atomic E-state index is 11.2. The molecule has 64 valence electrons. The molecule has 0 aliphatic heterocycles. The summed E-state index contributed by atoms with van der Waals surface area (Å²) in [7, 11) is 1.59. The highest BCUT2D eigenvalue weighted by Crippen LogP contribution is 2.15. The number of carbonyl (C=O) groups is 1. The van der Waals surface area contributed by atoms with Crippen molar-refractivity contribution in [3.8, 4) is 0 Å². The largest absolute Gasteiger partial charge is 0.354 e. The van der Waals surface area contributed by atoms with Crippen LogP contribution in [0, 0.1) is 3.57 Å². The number of nitrogens with zero attached hydrogens (tertiary/aromatic N) is 1. The van der Waals surface area contributed by atoms with E-state index >= 15 is 0 Å². The zero-order chi connectivity index (χ0) is 9.14. The number of aromatic nitrogens is 1. The van der Waals surface area contributed by atoms with Crippen LogP contribution in [0.2, 0.25) is 0 Å². The Morgan fingerprint density at radius 2 is 2.42 bits per heavy atom. The van der Waals surface area contributed by atoms with E-state index in [9.17, 15) is 4.79 Å². The molecule has 0 saturated heterocycles. The van der Waals surface area contributed by atoms with Crippen molar-refractivity contribution in [2.24, 2.45) is 0 Å². The summed E-state index contributed by atoms with van der Waals surface area (Å²) in [5, 5.41) is 2.52. The third-order valence-electron chi connectivity index (χ3n) is 1.25. The van der Waals surface area contributed by atoms with Gasteiger partial charge in [0.1, 0.15) is 5.69 Å². The molecule has 0 atom stereocenters. The molecule has 0 aromatic carbocycles. The third kappa shape index (κ3) is 2.16. The lowest BCUT2D eigenvalue weighted by molar-refractivity contribution is 0.0957. The van der Waals surface area contributed by atoms with Gasteiger partial charge in [0.25, 0.3) is 5.91 Å². The summed E-state index contributed by atoms with van der Waals surface area (Å²) in [6.45, 7) is 0. The van der Waals surface area contributed by atoms with Crippen molar-refractivity contribution in [3.63, 3.8) is 0 Å². The minimum atomic E-state index is -0.160. The highest BCUT2D eigenvalue weighted by Gasteiger charge is 2.09. The Bertz CT molecular complexity index is 316. The molecular formula is C7H6BrIN2O. The number of rotatable bonds is 1. The second-order valence-corrected chi connectivity index (χ2v) is 4.14. The maximum Gasteiger partial charge on any atom is 0.270 e. The molecule has 1 rings (SSSR count). The van der Waals surface area contributed by atoms with E-state index in [1.165, 1.54) is 0 Å². The Kier molecular flexibility index (Phi) is 3.45. The average Bonchev–Trinajstić information content (AvgIpc) is 2.03. The fraction of sp³-hybridized carbons (Fsp3) is 0.143. The van der Waals surface area contributed by atoms with Gasteiger partial charge in [-0.2, -0.15) is 0 Å². The van der Waals surface area contributed by atoms with Gasteiger partial charge in [-0.15, -0.1) is 0 Å². The molecule has 0 bridgehead atoms. The topological polar surface area (TPSA) is 42.0 Å². The molecule has 1 aromatic heterocycles. The van der Waals surface area contributed by atoms with E-state index in [2.05, 4.69) is 48.8 Å². The zero-order valence-electron chi connectivity index (χ0n) is 6.27. The SMILES string of the molecule is CNC(=O)c1ncc(Br)cc1I. The maximum absolute atomic E-state index is 11.2. The summed E-state index contributed by atoms with van der Waals surface area (Å²) < 4.78 is 1.71. The molecule has 0 unspecified atom stereocenters. The summed E-state index contributed by atoms with van der Waals surface area (Å²) >= 11 is 5.34. The summed E-state index contributed by atoms with van der Waals surface area (Å²) in [6.07, 6.45) is 1.60. The van der Waals surface area contributed by atoms with Crippen molar-refractivity contribution in [1.29, 1.82) is 0 Å². The first-order valence-corrected chi connectivity index (χ1v) is 5.05. The Morgan fingerprint density at radius 3 is 2.92 bits per heavy atom. The molecule has 12 heavy (non-hydrogen) atoms. The van der Waals surface area contributed by atoms with Gasteiger partial charge in [-0.25, -0.2) is 4.98 Å². The van der Waals surface area contributed by atoms with Gasteiger partial charge in [0.2, 0.25) is 0 Å². The first-order valence-electron chi connectivity index (χ1n) is 3.18. The van der Waals surface area contributed by atoms with Gasteiger partial charge in [-0.3, -0.25) is 4.79 Å². The number of halogens is 2. The van der Waals surface area contributed by atoms with E-state index in [0.717, 1.165) is 8.04 Å². The standard InChI is InChI=1S/C7H6BrIN2O/c1-10-7(12)6-5(9)2-4(8)3-11-6/h2-3H,1H3,(H,10,12). The molecule has 0 fully saturated rings. The minimum absolute atomic E-state index is 0.160. The summed E-state index contributed by atoms with van der Waals surface area (Å²) in [4.78, 5) is 15.1. The second kappa shape index (κ2) is 4.18. The second-order valence-electron chi connectivity index (χ2n) is 2.06. The molecule has 0 saturated carbocycles. The fourth-order valence-electron chi connectivity index (χ4n) is 0.700. The van der Waals surface area contributed by atoms with E-state index in [4.69, 9.17) is 0 Å². The van der Waals surface area contributed by atoms with Crippen molar-refractivity contribution < 1.29 is 4.79 Å². The molecule has 1 amide bonds. The predicted molar refractivity (Wildman–Crippen MR) is 58.0 cm³/mol. The van der Waals surface area contributed by atoms with Crippen molar-refractivity contribution in [2.75, 3.05) is 7.05 Å². The van der Waals surface area contributed by atoms with Gasteiger partial charge in [0, 0.05) is 21.3 Å². The highest BCUT2D eigenvalue weighted by molar-refractivity contribution is 14.1. The van der Waals surface area contributed by atoms with Crippen LogP contribution < -0.4 is 5.32 Å². The van der Waals surface area contributed by atoms with Crippen molar-refractivity contribution in [3.05, 3.63) is 26.0 Å². The summed E-state index contributed by atoms with van der Waals surface area (Å²) in [5.74, 6) is -0.160. The number of hydrogen-bond acceptors (Lipinski definition) is 2. The molecule has 0 spiro atoms. The molecule has 0 aliphatic carbocycles. The van der Waals surface area contributed by atoms with Gasteiger partial charge in [-0.05, 0) is 44.6 Å². The normalized spacial score (nSPS) is 9.58. The van der Waals surface area contributed by atoms with Crippen LogP contribution in [-0.2, 0) is 0 Å². The predicted octanol–water partition coefficient (Wildman–Crippen LogP) is 1.81. The Labute approximate surface area is 92.2 Å². The first-order chi connectivity index (χ1) is 5.65. The van der Waals surface area contributed by atoms with E-state index in [1.807, 2.05) is 6.07 Å². The molecular weight excluding hydrogens is 335 g/mol. The third-order valence-corrected chi connectivity index (χ3v) is 2.51. The van der Waals surface area contributed by atoms with Crippen LogP contribution in [0.1, 0.15) is 10.5 Å². The molecule has 5 heteroatoms. The van der Waals surface area contributed by atoms with Crippen LogP contribution >= 0.6 is 38.5 Å². The van der Waals surface area contributed by atoms with Gasteiger partial charge in [-0.1, -0.05) is 0 Å². The van der Waals surface area contributed by atoms with Gasteiger partial charge >= 0.3 is 0 Å². The number of amides is 1. The van der Waals surface area contributed by atoms with Crippen LogP contribution in [-0.4, -0.2) is 17.9 Å². The Morgan fingerprint density at radius 1 is 1.75 bits per heavy atom. The van der Waals surface area contributed by atoms with Crippen LogP contribution in [0.25, 0.3) is 0 Å². The molecule has 1 aromatic rings. The fourth-order valence-corrected chi connectivity index (χ4v) is 2.18. The van der Waals surface area contributed by atoms with Crippen molar-refractivity contribution >= 4 is 44.4 Å². The summed E-state index contributed by atoms with van der Waals surface area (Å²) in [6, 6.07) is 1.85. The van der Waals surface area contributed by atoms with Gasteiger partial charge in [0.15, 0.2) is 0 Å². The molecule has 1 N–H and O–H groups in total. The molecule has 0 radical (unpaired) electrons. The lowest BCUT2D eigenvalue weighted by Gasteiger charge is -2.01. The molecule has 3 nitrogen and oxygen atoms in total. The van der Waals surface area contributed by atoms with Crippen LogP contribution in [0.5, 0.6) is 0 Å².